The zero-order valence-corrected chi connectivity index (χ0v) is 12.4. The molecule has 1 unspecified atom stereocenters. The Morgan fingerprint density at radius 2 is 1.71 bits per heavy atom. The van der Waals surface area contributed by atoms with E-state index in [0.29, 0.717) is 12.2 Å². The summed E-state index contributed by atoms with van der Waals surface area (Å²) < 4.78 is 11.0. The molecule has 3 nitrogen and oxygen atoms in total. The van der Waals surface area contributed by atoms with Crippen molar-refractivity contribution in [3.05, 3.63) is 65.7 Å². The van der Waals surface area contributed by atoms with E-state index in [9.17, 15) is 4.79 Å². The van der Waals surface area contributed by atoms with Crippen LogP contribution in [-0.2, 0) is 11.3 Å². The van der Waals surface area contributed by atoms with E-state index >= 15 is 0 Å². The topological polar surface area (TPSA) is 35.5 Å². The highest BCUT2D eigenvalue weighted by Gasteiger charge is 2.10. The Bertz CT molecular complexity index is 561. The molecular formula is C18H20O3. The normalized spacial score (nSPS) is 11.7. The van der Waals surface area contributed by atoms with Crippen LogP contribution in [0.4, 0.5) is 0 Å². The lowest BCUT2D eigenvalue weighted by Crippen LogP contribution is -2.13. The van der Waals surface area contributed by atoms with Crippen LogP contribution in [0.1, 0.15) is 36.2 Å². The van der Waals surface area contributed by atoms with Crippen LogP contribution >= 0.6 is 0 Å². The quantitative estimate of drug-likeness (QED) is 0.745. The van der Waals surface area contributed by atoms with E-state index in [-0.39, 0.29) is 12.1 Å². The van der Waals surface area contributed by atoms with Crippen molar-refractivity contribution in [1.29, 1.82) is 0 Å². The largest absolute Gasteiger partial charge is 0.489 e. The van der Waals surface area contributed by atoms with Gasteiger partial charge in [0.05, 0.1) is 11.7 Å². The van der Waals surface area contributed by atoms with Crippen LogP contribution in [0.15, 0.2) is 54.6 Å². The van der Waals surface area contributed by atoms with Gasteiger partial charge in [0, 0.05) is 0 Å². The molecule has 0 aromatic heterocycles. The van der Waals surface area contributed by atoms with Crippen molar-refractivity contribution in [2.45, 2.75) is 33.0 Å². The lowest BCUT2D eigenvalue weighted by atomic mass is 10.2. The third-order valence-corrected chi connectivity index (χ3v) is 3.22. The average molecular weight is 284 g/mol. The lowest BCUT2D eigenvalue weighted by molar-refractivity contribution is 0.0334. The first kappa shape index (κ1) is 15.1. The fourth-order valence-corrected chi connectivity index (χ4v) is 1.76. The molecule has 2 aromatic carbocycles. The second-order valence-electron chi connectivity index (χ2n) is 4.92. The SMILES string of the molecule is CCC(C)OC(=O)c1ccc(OCc2ccccc2)cc1. The molecule has 1 atom stereocenters. The van der Waals surface area contributed by atoms with Gasteiger partial charge in [-0.1, -0.05) is 37.3 Å². The van der Waals surface area contributed by atoms with Crippen molar-refractivity contribution >= 4 is 5.97 Å². The van der Waals surface area contributed by atoms with E-state index in [1.54, 1.807) is 24.3 Å². The third-order valence-electron chi connectivity index (χ3n) is 3.22. The van der Waals surface area contributed by atoms with Crippen molar-refractivity contribution in [3.8, 4) is 5.75 Å². The third kappa shape index (κ3) is 4.63. The number of hydrogen-bond donors (Lipinski definition) is 0. The molecule has 0 N–H and O–H groups in total. The van der Waals surface area contributed by atoms with Gasteiger partial charge in [0.15, 0.2) is 0 Å². The minimum atomic E-state index is -0.293. The summed E-state index contributed by atoms with van der Waals surface area (Å²) in [6, 6.07) is 17.0. The van der Waals surface area contributed by atoms with E-state index in [1.165, 1.54) is 0 Å². The highest BCUT2D eigenvalue weighted by atomic mass is 16.5. The standard InChI is InChI=1S/C18H20O3/c1-3-14(2)21-18(19)16-9-11-17(12-10-16)20-13-15-7-5-4-6-8-15/h4-12,14H,3,13H2,1-2H3. The molecule has 0 amide bonds. The van der Waals surface area contributed by atoms with Crippen LogP contribution in [0.5, 0.6) is 5.75 Å². The molecule has 2 rings (SSSR count). The number of carbonyl (C=O) groups is 1. The summed E-state index contributed by atoms with van der Waals surface area (Å²) in [5.41, 5.74) is 1.65. The Labute approximate surface area is 125 Å². The summed E-state index contributed by atoms with van der Waals surface area (Å²) in [6.45, 7) is 4.38. The molecule has 0 heterocycles. The van der Waals surface area contributed by atoms with Gasteiger partial charge >= 0.3 is 5.97 Å². The fraction of sp³-hybridized carbons (Fsp3) is 0.278. The smallest absolute Gasteiger partial charge is 0.338 e. The maximum absolute atomic E-state index is 11.8. The van der Waals surface area contributed by atoms with Crippen LogP contribution < -0.4 is 4.74 Å². The predicted octanol–water partition coefficient (Wildman–Crippen LogP) is 4.22. The van der Waals surface area contributed by atoms with Crippen molar-refractivity contribution < 1.29 is 14.3 Å². The first-order chi connectivity index (χ1) is 10.2. The molecule has 0 aliphatic heterocycles. The molecule has 110 valence electrons. The number of hydrogen-bond acceptors (Lipinski definition) is 3. The van der Waals surface area contributed by atoms with Crippen molar-refractivity contribution in [1.82, 2.24) is 0 Å². The van der Waals surface area contributed by atoms with E-state index in [0.717, 1.165) is 17.7 Å². The van der Waals surface area contributed by atoms with E-state index in [2.05, 4.69) is 0 Å². The van der Waals surface area contributed by atoms with E-state index in [4.69, 9.17) is 9.47 Å². The van der Waals surface area contributed by atoms with Gasteiger partial charge in [0.25, 0.3) is 0 Å². The van der Waals surface area contributed by atoms with Gasteiger partial charge in [0.2, 0.25) is 0 Å². The van der Waals surface area contributed by atoms with E-state index in [1.807, 2.05) is 44.2 Å². The predicted molar refractivity (Wildman–Crippen MR) is 82.4 cm³/mol. The van der Waals surface area contributed by atoms with Crippen molar-refractivity contribution in [2.24, 2.45) is 0 Å². The Hall–Kier alpha value is -2.29. The fourth-order valence-electron chi connectivity index (χ4n) is 1.76. The Balaban J connectivity index is 1.91. The molecule has 0 radical (unpaired) electrons. The molecule has 21 heavy (non-hydrogen) atoms. The van der Waals surface area contributed by atoms with Crippen LogP contribution in [0.25, 0.3) is 0 Å². The second kappa shape index (κ2) is 7.48. The Morgan fingerprint density at radius 3 is 2.33 bits per heavy atom. The zero-order valence-electron chi connectivity index (χ0n) is 12.4. The molecule has 0 fully saturated rings. The molecule has 0 spiro atoms. The highest BCUT2D eigenvalue weighted by Crippen LogP contribution is 2.15. The Kier molecular flexibility index (Phi) is 5.38. The number of rotatable bonds is 6. The molecule has 0 saturated carbocycles. The minimum absolute atomic E-state index is 0.0634. The highest BCUT2D eigenvalue weighted by molar-refractivity contribution is 5.89. The molecule has 2 aromatic rings. The molecule has 0 aliphatic rings. The summed E-state index contributed by atoms with van der Waals surface area (Å²) in [5, 5.41) is 0. The van der Waals surface area contributed by atoms with Crippen molar-refractivity contribution in [2.75, 3.05) is 0 Å². The zero-order chi connectivity index (χ0) is 15.1. The van der Waals surface area contributed by atoms with Gasteiger partial charge < -0.3 is 9.47 Å². The van der Waals surface area contributed by atoms with Crippen LogP contribution in [0, 0.1) is 0 Å². The lowest BCUT2D eigenvalue weighted by Gasteiger charge is -2.11. The van der Waals surface area contributed by atoms with Gasteiger partial charge in [-0.3, -0.25) is 0 Å². The monoisotopic (exact) mass is 284 g/mol. The number of esters is 1. The average Bonchev–Trinajstić information content (AvgIpc) is 2.54. The van der Waals surface area contributed by atoms with Gasteiger partial charge in [-0.2, -0.15) is 0 Å². The van der Waals surface area contributed by atoms with Crippen molar-refractivity contribution in [3.63, 3.8) is 0 Å². The van der Waals surface area contributed by atoms with Gasteiger partial charge in [-0.15, -0.1) is 0 Å². The maximum Gasteiger partial charge on any atom is 0.338 e. The molecule has 0 bridgehead atoms. The van der Waals surface area contributed by atoms with Gasteiger partial charge in [-0.25, -0.2) is 4.79 Å². The van der Waals surface area contributed by atoms with Gasteiger partial charge in [-0.05, 0) is 43.2 Å². The molecular weight excluding hydrogens is 264 g/mol. The summed E-state index contributed by atoms with van der Waals surface area (Å²) in [4.78, 5) is 11.8. The minimum Gasteiger partial charge on any atom is -0.489 e. The first-order valence-corrected chi connectivity index (χ1v) is 7.17. The van der Waals surface area contributed by atoms with Crippen LogP contribution in [0.2, 0.25) is 0 Å². The maximum atomic E-state index is 11.8. The number of benzene rings is 2. The Morgan fingerprint density at radius 1 is 1.05 bits per heavy atom. The molecule has 0 saturated heterocycles. The second-order valence-corrected chi connectivity index (χ2v) is 4.92. The van der Waals surface area contributed by atoms with Crippen LogP contribution in [0.3, 0.4) is 0 Å². The molecule has 0 aliphatic carbocycles. The van der Waals surface area contributed by atoms with E-state index < -0.39 is 0 Å². The summed E-state index contributed by atoms with van der Waals surface area (Å²) in [7, 11) is 0. The number of carbonyl (C=O) groups excluding carboxylic acids is 1. The first-order valence-electron chi connectivity index (χ1n) is 7.17. The summed E-state index contributed by atoms with van der Waals surface area (Å²) in [6.07, 6.45) is 0.746. The summed E-state index contributed by atoms with van der Waals surface area (Å²) >= 11 is 0. The van der Waals surface area contributed by atoms with Gasteiger partial charge in [0.1, 0.15) is 12.4 Å². The van der Waals surface area contributed by atoms with Crippen LogP contribution in [-0.4, -0.2) is 12.1 Å². The summed E-state index contributed by atoms with van der Waals surface area (Å²) in [5.74, 6) is 0.443. The number of ether oxygens (including phenoxy) is 2. The molecule has 3 heteroatoms.